The van der Waals surface area contributed by atoms with Crippen molar-refractivity contribution in [2.24, 2.45) is 0 Å². The minimum Gasteiger partial charge on any atom is -0.481 e. The minimum absolute atomic E-state index is 0.150. The number of hydrogen-bond donors (Lipinski definition) is 1. The van der Waals surface area contributed by atoms with Crippen molar-refractivity contribution < 1.29 is 14.3 Å². The van der Waals surface area contributed by atoms with Crippen LogP contribution in [0.25, 0.3) is 0 Å². The van der Waals surface area contributed by atoms with Gasteiger partial charge >= 0.3 is 0 Å². The Labute approximate surface area is 165 Å². The highest BCUT2D eigenvalue weighted by Gasteiger charge is 2.15. The van der Waals surface area contributed by atoms with Crippen LogP contribution in [0.4, 0.5) is 0 Å². The maximum Gasteiger partial charge on any atom is 0.261 e. The fourth-order valence-electron chi connectivity index (χ4n) is 2.96. The molecule has 144 valence electrons. The molecule has 1 aliphatic rings. The summed E-state index contributed by atoms with van der Waals surface area (Å²) in [5.41, 5.74) is 2.32. The van der Waals surface area contributed by atoms with Crippen LogP contribution in [0.2, 0.25) is 5.02 Å². The Morgan fingerprint density at radius 1 is 1.19 bits per heavy atom. The summed E-state index contributed by atoms with van der Waals surface area (Å²) in [5.74, 6) is 0.470. The molecule has 1 atom stereocenters. The van der Waals surface area contributed by atoms with Gasteiger partial charge in [0, 0.05) is 31.2 Å². The Morgan fingerprint density at radius 3 is 2.63 bits per heavy atom. The van der Waals surface area contributed by atoms with E-state index in [-0.39, 0.29) is 5.91 Å². The Hall–Kier alpha value is -2.08. The SMILES string of the molecule is CC(Oc1ccc(Cl)cc1)C(=O)NCc1cccc(CN2CCOCC2)c1. The van der Waals surface area contributed by atoms with E-state index in [1.54, 1.807) is 31.2 Å². The van der Waals surface area contributed by atoms with Crippen LogP contribution in [0.5, 0.6) is 5.75 Å². The molecule has 0 bridgehead atoms. The molecule has 3 rings (SSSR count). The molecule has 1 saturated heterocycles. The lowest BCUT2D eigenvalue weighted by molar-refractivity contribution is -0.127. The Kier molecular flexibility index (Phi) is 7.10. The van der Waals surface area contributed by atoms with Crippen molar-refractivity contribution in [2.75, 3.05) is 26.3 Å². The number of nitrogens with zero attached hydrogens (tertiary/aromatic N) is 1. The molecule has 0 radical (unpaired) electrons. The summed E-state index contributed by atoms with van der Waals surface area (Å²) in [6.45, 7) is 6.62. The van der Waals surface area contributed by atoms with Crippen LogP contribution in [0.1, 0.15) is 18.1 Å². The molecule has 2 aromatic carbocycles. The summed E-state index contributed by atoms with van der Waals surface area (Å²) in [5, 5.41) is 3.57. The van der Waals surface area contributed by atoms with Gasteiger partial charge in [0.1, 0.15) is 5.75 Å². The fraction of sp³-hybridized carbons (Fsp3) is 0.381. The van der Waals surface area contributed by atoms with Gasteiger partial charge in [0.15, 0.2) is 6.10 Å². The van der Waals surface area contributed by atoms with Gasteiger partial charge in [-0.3, -0.25) is 9.69 Å². The summed E-state index contributed by atoms with van der Waals surface area (Å²) in [6.07, 6.45) is -0.581. The van der Waals surface area contributed by atoms with Gasteiger partial charge < -0.3 is 14.8 Å². The average molecular weight is 389 g/mol. The first-order chi connectivity index (χ1) is 13.1. The number of carbonyl (C=O) groups excluding carboxylic acids is 1. The molecule has 5 nitrogen and oxygen atoms in total. The zero-order valence-corrected chi connectivity index (χ0v) is 16.2. The number of amides is 1. The second kappa shape index (κ2) is 9.74. The van der Waals surface area contributed by atoms with E-state index < -0.39 is 6.10 Å². The summed E-state index contributed by atoms with van der Waals surface area (Å²) < 4.78 is 11.0. The number of carbonyl (C=O) groups is 1. The van der Waals surface area contributed by atoms with E-state index in [1.807, 2.05) is 12.1 Å². The topological polar surface area (TPSA) is 50.8 Å². The quantitative estimate of drug-likeness (QED) is 0.791. The van der Waals surface area contributed by atoms with Crippen LogP contribution in [0, 0.1) is 0 Å². The number of morpholine rings is 1. The van der Waals surface area contributed by atoms with Crippen molar-refractivity contribution in [1.29, 1.82) is 0 Å². The first kappa shape index (κ1) is 19.7. The molecule has 0 spiro atoms. The monoisotopic (exact) mass is 388 g/mol. The summed E-state index contributed by atoms with van der Waals surface area (Å²) in [6, 6.07) is 15.3. The first-order valence-corrected chi connectivity index (χ1v) is 9.56. The smallest absolute Gasteiger partial charge is 0.261 e. The molecular weight excluding hydrogens is 364 g/mol. The second-order valence-electron chi connectivity index (χ2n) is 6.64. The van der Waals surface area contributed by atoms with E-state index >= 15 is 0 Å². The molecule has 1 fully saturated rings. The normalized spacial score (nSPS) is 15.9. The molecule has 1 heterocycles. The Balaban J connectivity index is 1.49. The average Bonchev–Trinajstić information content (AvgIpc) is 2.69. The van der Waals surface area contributed by atoms with Crippen molar-refractivity contribution in [1.82, 2.24) is 10.2 Å². The highest BCUT2D eigenvalue weighted by molar-refractivity contribution is 6.30. The highest BCUT2D eigenvalue weighted by atomic mass is 35.5. The van der Waals surface area contributed by atoms with Gasteiger partial charge in [0.05, 0.1) is 13.2 Å². The van der Waals surface area contributed by atoms with Crippen LogP contribution in [-0.4, -0.2) is 43.2 Å². The molecule has 27 heavy (non-hydrogen) atoms. The second-order valence-corrected chi connectivity index (χ2v) is 7.08. The standard InChI is InChI=1S/C21H25ClN2O3/c1-16(27-20-7-5-19(22)6-8-20)21(25)23-14-17-3-2-4-18(13-17)15-24-9-11-26-12-10-24/h2-8,13,16H,9-12,14-15H2,1H3,(H,23,25). The predicted molar refractivity (Wildman–Crippen MR) is 106 cm³/mol. The van der Waals surface area contributed by atoms with E-state index in [9.17, 15) is 4.79 Å². The van der Waals surface area contributed by atoms with Crippen molar-refractivity contribution in [2.45, 2.75) is 26.1 Å². The summed E-state index contributed by atoms with van der Waals surface area (Å²) in [7, 11) is 0. The third kappa shape index (κ3) is 6.24. The van der Waals surface area contributed by atoms with Crippen LogP contribution < -0.4 is 10.1 Å². The lowest BCUT2D eigenvalue weighted by Crippen LogP contribution is -2.36. The molecule has 1 N–H and O–H groups in total. The molecule has 0 saturated carbocycles. The van der Waals surface area contributed by atoms with Crippen LogP contribution in [0.3, 0.4) is 0 Å². The molecular formula is C21H25ClN2O3. The zero-order chi connectivity index (χ0) is 19.1. The molecule has 6 heteroatoms. The van der Waals surface area contributed by atoms with Gasteiger partial charge in [0.2, 0.25) is 0 Å². The lowest BCUT2D eigenvalue weighted by atomic mass is 10.1. The van der Waals surface area contributed by atoms with Crippen molar-refractivity contribution in [3.8, 4) is 5.75 Å². The minimum atomic E-state index is -0.581. The Bertz CT molecular complexity index is 745. The number of rotatable bonds is 7. The van der Waals surface area contributed by atoms with Crippen LogP contribution in [0.15, 0.2) is 48.5 Å². The van der Waals surface area contributed by atoms with Crippen molar-refractivity contribution in [3.63, 3.8) is 0 Å². The maximum absolute atomic E-state index is 12.3. The molecule has 1 unspecified atom stereocenters. The number of benzene rings is 2. The zero-order valence-electron chi connectivity index (χ0n) is 15.5. The lowest BCUT2D eigenvalue weighted by Gasteiger charge is -2.26. The number of hydrogen-bond acceptors (Lipinski definition) is 4. The van der Waals surface area contributed by atoms with Gasteiger partial charge in [-0.25, -0.2) is 0 Å². The van der Waals surface area contributed by atoms with Gasteiger partial charge in [0.25, 0.3) is 5.91 Å². The number of ether oxygens (including phenoxy) is 2. The van der Waals surface area contributed by atoms with Crippen molar-refractivity contribution >= 4 is 17.5 Å². The van der Waals surface area contributed by atoms with Gasteiger partial charge in [-0.15, -0.1) is 0 Å². The number of halogens is 1. The van der Waals surface area contributed by atoms with E-state index in [0.717, 1.165) is 38.4 Å². The third-order valence-electron chi connectivity index (χ3n) is 4.46. The molecule has 2 aromatic rings. The molecule has 0 aliphatic carbocycles. The van der Waals surface area contributed by atoms with E-state index in [2.05, 4.69) is 22.3 Å². The fourth-order valence-corrected chi connectivity index (χ4v) is 3.09. The molecule has 1 aliphatic heterocycles. The van der Waals surface area contributed by atoms with Crippen molar-refractivity contribution in [3.05, 3.63) is 64.7 Å². The van der Waals surface area contributed by atoms with Gasteiger partial charge in [-0.05, 0) is 42.3 Å². The predicted octanol–water partition coefficient (Wildman–Crippen LogP) is 3.26. The van der Waals surface area contributed by atoms with Gasteiger partial charge in [-0.1, -0.05) is 35.9 Å². The number of nitrogens with one attached hydrogen (secondary N) is 1. The maximum atomic E-state index is 12.3. The molecule has 0 aromatic heterocycles. The third-order valence-corrected chi connectivity index (χ3v) is 4.72. The highest BCUT2D eigenvalue weighted by Crippen LogP contribution is 2.17. The van der Waals surface area contributed by atoms with Gasteiger partial charge in [-0.2, -0.15) is 0 Å². The Morgan fingerprint density at radius 2 is 1.89 bits per heavy atom. The summed E-state index contributed by atoms with van der Waals surface area (Å²) in [4.78, 5) is 14.7. The van der Waals surface area contributed by atoms with E-state index in [0.29, 0.717) is 17.3 Å². The molecule has 1 amide bonds. The largest absolute Gasteiger partial charge is 0.481 e. The first-order valence-electron chi connectivity index (χ1n) is 9.18. The van der Waals surface area contributed by atoms with Crippen LogP contribution in [-0.2, 0) is 22.6 Å². The van der Waals surface area contributed by atoms with Crippen LogP contribution >= 0.6 is 11.6 Å². The van der Waals surface area contributed by atoms with E-state index in [1.165, 1.54) is 5.56 Å². The van der Waals surface area contributed by atoms with E-state index in [4.69, 9.17) is 21.1 Å². The summed E-state index contributed by atoms with van der Waals surface area (Å²) >= 11 is 5.86.